The van der Waals surface area contributed by atoms with Gasteiger partial charge in [-0.05, 0) is 36.1 Å². The van der Waals surface area contributed by atoms with Gasteiger partial charge < -0.3 is 3.07 Å². The molecule has 0 N–H and O–H groups in total. The topological polar surface area (TPSA) is 9.23 Å². The first-order valence-electron chi connectivity index (χ1n) is 3.87. The summed E-state index contributed by atoms with van der Waals surface area (Å²) in [7, 11) is 0. The normalized spacial score (nSPS) is 21.0. The predicted molar refractivity (Wildman–Crippen MR) is 60.3 cm³/mol. The number of aryl methyl sites for hydroxylation is 1. The fourth-order valence-electron chi connectivity index (χ4n) is 1.64. The summed E-state index contributed by atoms with van der Waals surface area (Å²) in [6, 6.07) is 6.41. The van der Waals surface area contributed by atoms with Crippen molar-refractivity contribution >= 4 is 38.9 Å². The Balaban J connectivity index is 2.40. The second-order valence-corrected chi connectivity index (χ2v) is 4.38. The molecular formula is C9H8BrIO. The van der Waals surface area contributed by atoms with E-state index >= 15 is 0 Å². The van der Waals surface area contributed by atoms with Gasteiger partial charge in [0.05, 0.1) is 6.10 Å². The standard InChI is InChI=1S/C9H8BrIO/c10-7-2-3-8-6(5-7)1-4-9(8)12-11/h2-3,5,9H,1,4H2. The Bertz CT molecular complexity index is 301. The van der Waals surface area contributed by atoms with Gasteiger partial charge in [-0.15, -0.1) is 0 Å². The maximum atomic E-state index is 5.33. The molecule has 0 radical (unpaired) electrons. The van der Waals surface area contributed by atoms with Gasteiger partial charge in [0.15, 0.2) is 0 Å². The van der Waals surface area contributed by atoms with Crippen molar-refractivity contribution in [3.63, 3.8) is 0 Å². The van der Waals surface area contributed by atoms with Gasteiger partial charge in [-0.25, -0.2) is 0 Å². The molecule has 0 saturated carbocycles. The minimum absolute atomic E-state index is 0.314. The van der Waals surface area contributed by atoms with Crippen LogP contribution in [-0.2, 0) is 9.49 Å². The van der Waals surface area contributed by atoms with Crippen LogP contribution >= 0.6 is 38.9 Å². The van der Waals surface area contributed by atoms with Crippen LogP contribution in [0.15, 0.2) is 22.7 Å². The highest BCUT2D eigenvalue weighted by Crippen LogP contribution is 2.36. The molecule has 64 valence electrons. The first kappa shape index (κ1) is 8.97. The zero-order valence-electron chi connectivity index (χ0n) is 6.39. The Morgan fingerprint density at radius 2 is 2.33 bits per heavy atom. The van der Waals surface area contributed by atoms with E-state index < -0.39 is 0 Å². The van der Waals surface area contributed by atoms with E-state index in [4.69, 9.17) is 3.07 Å². The fraction of sp³-hybridized carbons (Fsp3) is 0.333. The van der Waals surface area contributed by atoms with E-state index in [1.807, 2.05) is 23.0 Å². The van der Waals surface area contributed by atoms with E-state index in [-0.39, 0.29) is 0 Å². The SMILES string of the molecule is Brc1ccc2c(c1)CCC2OI. The van der Waals surface area contributed by atoms with Crippen molar-refractivity contribution in [3.8, 4) is 0 Å². The number of rotatable bonds is 1. The molecule has 0 aromatic heterocycles. The third-order valence-electron chi connectivity index (χ3n) is 2.24. The van der Waals surface area contributed by atoms with Crippen LogP contribution in [-0.4, -0.2) is 0 Å². The molecule has 0 aliphatic heterocycles. The van der Waals surface area contributed by atoms with Gasteiger partial charge >= 0.3 is 0 Å². The summed E-state index contributed by atoms with van der Waals surface area (Å²) in [4.78, 5) is 0. The monoisotopic (exact) mass is 338 g/mol. The Kier molecular flexibility index (Phi) is 2.72. The molecule has 1 unspecified atom stereocenters. The maximum Gasteiger partial charge on any atom is 0.110 e. The first-order valence-corrected chi connectivity index (χ1v) is 5.54. The maximum absolute atomic E-state index is 5.33. The third kappa shape index (κ3) is 1.54. The van der Waals surface area contributed by atoms with Gasteiger partial charge in [0.1, 0.15) is 23.0 Å². The van der Waals surface area contributed by atoms with E-state index in [1.165, 1.54) is 11.1 Å². The number of hydrogen-bond acceptors (Lipinski definition) is 1. The van der Waals surface area contributed by atoms with Crippen molar-refractivity contribution in [1.29, 1.82) is 0 Å². The summed E-state index contributed by atoms with van der Waals surface area (Å²) in [5, 5.41) is 0. The summed E-state index contributed by atoms with van der Waals surface area (Å²) < 4.78 is 6.49. The smallest absolute Gasteiger partial charge is 0.110 e. The van der Waals surface area contributed by atoms with E-state index in [1.54, 1.807) is 0 Å². The zero-order chi connectivity index (χ0) is 8.55. The van der Waals surface area contributed by atoms with Crippen LogP contribution in [0.1, 0.15) is 23.7 Å². The van der Waals surface area contributed by atoms with Gasteiger partial charge in [0.25, 0.3) is 0 Å². The van der Waals surface area contributed by atoms with Crippen molar-refractivity contribution in [2.24, 2.45) is 0 Å². The average molecular weight is 339 g/mol. The van der Waals surface area contributed by atoms with Gasteiger partial charge in [0.2, 0.25) is 0 Å². The molecule has 1 aromatic carbocycles. The van der Waals surface area contributed by atoms with Gasteiger partial charge in [-0.1, -0.05) is 22.0 Å². The summed E-state index contributed by atoms with van der Waals surface area (Å²) in [6.07, 6.45) is 2.57. The van der Waals surface area contributed by atoms with Crippen molar-refractivity contribution in [2.45, 2.75) is 18.9 Å². The van der Waals surface area contributed by atoms with E-state index in [0.717, 1.165) is 17.3 Å². The largest absolute Gasteiger partial charge is 0.308 e. The fourth-order valence-corrected chi connectivity index (χ4v) is 2.58. The summed E-state index contributed by atoms with van der Waals surface area (Å²) in [5.41, 5.74) is 2.78. The lowest BCUT2D eigenvalue weighted by atomic mass is 10.1. The van der Waals surface area contributed by atoms with E-state index in [2.05, 4.69) is 34.1 Å². The van der Waals surface area contributed by atoms with Crippen molar-refractivity contribution in [1.82, 2.24) is 0 Å². The number of fused-ring (bicyclic) bond motifs is 1. The second-order valence-electron chi connectivity index (χ2n) is 2.96. The highest BCUT2D eigenvalue weighted by atomic mass is 127. The molecule has 2 rings (SSSR count). The molecule has 3 heteroatoms. The van der Waals surface area contributed by atoms with Crippen LogP contribution in [0.4, 0.5) is 0 Å². The Morgan fingerprint density at radius 1 is 1.50 bits per heavy atom. The summed E-state index contributed by atoms with van der Waals surface area (Å²) >= 11 is 5.45. The summed E-state index contributed by atoms with van der Waals surface area (Å²) in [6.45, 7) is 0. The molecule has 0 bridgehead atoms. The van der Waals surface area contributed by atoms with Gasteiger partial charge in [-0.3, -0.25) is 0 Å². The van der Waals surface area contributed by atoms with Gasteiger partial charge in [0, 0.05) is 4.47 Å². The Morgan fingerprint density at radius 3 is 3.08 bits per heavy atom. The second kappa shape index (κ2) is 3.64. The average Bonchev–Trinajstić information content (AvgIpc) is 2.46. The molecule has 0 heterocycles. The number of hydrogen-bond donors (Lipinski definition) is 0. The third-order valence-corrected chi connectivity index (χ3v) is 3.34. The highest BCUT2D eigenvalue weighted by Gasteiger charge is 2.22. The summed E-state index contributed by atoms with van der Waals surface area (Å²) in [5.74, 6) is 0. The zero-order valence-corrected chi connectivity index (χ0v) is 10.1. The van der Waals surface area contributed by atoms with Crippen LogP contribution in [0.5, 0.6) is 0 Å². The molecule has 1 atom stereocenters. The first-order chi connectivity index (χ1) is 5.81. The molecule has 0 spiro atoms. The van der Waals surface area contributed by atoms with Gasteiger partial charge in [-0.2, -0.15) is 0 Å². The quantitative estimate of drug-likeness (QED) is 0.708. The van der Waals surface area contributed by atoms with E-state index in [0.29, 0.717) is 6.10 Å². The van der Waals surface area contributed by atoms with Crippen LogP contribution < -0.4 is 0 Å². The van der Waals surface area contributed by atoms with Crippen LogP contribution in [0, 0.1) is 0 Å². The molecule has 0 fully saturated rings. The Labute approximate surface area is 94.3 Å². The highest BCUT2D eigenvalue weighted by molar-refractivity contribution is 14.1. The minimum atomic E-state index is 0.314. The van der Waals surface area contributed by atoms with Crippen LogP contribution in [0.3, 0.4) is 0 Å². The minimum Gasteiger partial charge on any atom is -0.308 e. The molecule has 12 heavy (non-hydrogen) atoms. The molecule has 1 aliphatic carbocycles. The predicted octanol–water partition coefficient (Wildman–Crippen LogP) is 3.80. The lowest BCUT2D eigenvalue weighted by Gasteiger charge is -2.06. The number of benzene rings is 1. The lowest BCUT2D eigenvalue weighted by molar-refractivity contribution is 0.292. The molecule has 0 amide bonds. The van der Waals surface area contributed by atoms with Crippen molar-refractivity contribution in [3.05, 3.63) is 33.8 Å². The van der Waals surface area contributed by atoms with Crippen LogP contribution in [0.2, 0.25) is 0 Å². The molecule has 1 nitrogen and oxygen atoms in total. The number of halogens is 2. The van der Waals surface area contributed by atoms with Crippen molar-refractivity contribution in [2.75, 3.05) is 0 Å². The molecule has 1 aliphatic rings. The molecular weight excluding hydrogens is 331 g/mol. The van der Waals surface area contributed by atoms with Crippen molar-refractivity contribution < 1.29 is 3.07 Å². The lowest BCUT2D eigenvalue weighted by Crippen LogP contribution is -1.90. The Hall–Kier alpha value is 0.390. The molecule has 1 aromatic rings. The van der Waals surface area contributed by atoms with Crippen LogP contribution in [0.25, 0.3) is 0 Å². The van der Waals surface area contributed by atoms with E-state index in [9.17, 15) is 0 Å². The molecule has 0 saturated heterocycles.